The Morgan fingerprint density at radius 3 is 3.21 bits per heavy atom. The van der Waals surface area contributed by atoms with Crippen LogP contribution in [-0.4, -0.2) is 19.1 Å². The Morgan fingerprint density at radius 1 is 1.36 bits per heavy atom. The van der Waals surface area contributed by atoms with Gasteiger partial charge in [0.25, 0.3) is 0 Å². The molecule has 0 aliphatic carbocycles. The molecule has 2 heterocycles. The van der Waals surface area contributed by atoms with E-state index in [1.54, 1.807) is 0 Å². The van der Waals surface area contributed by atoms with Crippen LogP contribution < -0.4 is 10.6 Å². The first kappa shape index (κ1) is 8.74. The quantitative estimate of drug-likeness (QED) is 0.741. The summed E-state index contributed by atoms with van der Waals surface area (Å²) in [7, 11) is 0. The highest BCUT2D eigenvalue weighted by molar-refractivity contribution is 9.10. The molecule has 0 amide bonds. The third-order valence-corrected chi connectivity index (χ3v) is 3.94. The van der Waals surface area contributed by atoms with Crippen LogP contribution in [0, 0.1) is 0 Å². The Hall–Kier alpha value is -0.540. The molecule has 74 valence electrons. The van der Waals surface area contributed by atoms with Crippen LogP contribution in [0.5, 0.6) is 0 Å². The second-order valence-corrected chi connectivity index (χ2v) is 4.91. The summed E-state index contributed by atoms with van der Waals surface area (Å²) in [6.45, 7) is 2.23. The van der Waals surface area contributed by atoms with Crippen molar-refractivity contribution in [1.82, 2.24) is 5.32 Å². The van der Waals surface area contributed by atoms with E-state index in [-0.39, 0.29) is 0 Å². The lowest BCUT2D eigenvalue weighted by Gasteiger charge is -2.26. The van der Waals surface area contributed by atoms with Gasteiger partial charge in [0.1, 0.15) is 0 Å². The highest BCUT2D eigenvalue weighted by atomic mass is 79.9. The summed E-state index contributed by atoms with van der Waals surface area (Å²) in [5.41, 5.74) is 2.80. The predicted octanol–water partition coefficient (Wildman–Crippen LogP) is 2.32. The maximum Gasteiger partial charge on any atom is 0.0456 e. The molecule has 0 bridgehead atoms. The van der Waals surface area contributed by atoms with Crippen LogP contribution in [0.4, 0.5) is 5.69 Å². The molecule has 2 atom stereocenters. The van der Waals surface area contributed by atoms with Crippen LogP contribution >= 0.6 is 15.9 Å². The van der Waals surface area contributed by atoms with Crippen molar-refractivity contribution in [2.45, 2.75) is 18.4 Å². The van der Waals surface area contributed by atoms with Gasteiger partial charge in [-0.15, -0.1) is 0 Å². The molecule has 0 spiro atoms. The lowest BCUT2D eigenvalue weighted by atomic mass is 9.89. The van der Waals surface area contributed by atoms with E-state index in [1.165, 1.54) is 22.1 Å². The van der Waals surface area contributed by atoms with Gasteiger partial charge in [0, 0.05) is 28.7 Å². The van der Waals surface area contributed by atoms with Crippen molar-refractivity contribution in [3.8, 4) is 0 Å². The smallest absolute Gasteiger partial charge is 0.0456 e. The van der Waals surface area contributed by atoms with Gasteiger partial charge in [0.05, 0.1) is 0 Å². The van der Waals surface area contributed by atoms with Crippen molar-refractivity contribution in [1.29, 1.82) is 0 Å². The molecule has 14 heavy (non-hydrogen) atoms. The zero-order chi connectivity index (χ0) is 9.54. The van der Waals surface area contributed by atoms with Crippen molar-refractivity contribution < 1.29 is 0 Å². The van der Waals surface area contributed by atoms with Gasteiger partial charge in [0.2, 0.25) is 0 Å². The molecule has 0 saturated carbocycles. The zero-order valence-corrected chi connectivity index (χ0v) is 9.47. The van der Waals surface area contributed by atoms with Crippen LogP contribution in [-0.2, 0) is 0 Å². The lowest BCUT2D eigenvalue weighted by Crippen LogP contribution is -2.40. The number of halogens is 1. The van der Waals surface area contributed by atoms with E-state index in [0.29, 0.717) is 12.0 Å². The average molecular weight is 253 g/mol. The van der Waals surface area contributed by atoms with E-state index in [1.807, 2.05) is 0 Å². The number of rotatable bonds is 0. The van der Waals surface area contributed by atoms with E-state index in [2.05, 4.69) is 44.8 Å². The minimum atomic E-state index is 0.595. The number of hydrogen-bond acceptors (Lipinski definition) is 2. The van der Waals surface area contributed by atoms with Gasteiger partial charge in [-0.25, -0.2) is 0 Å². The molecule has 2 aliphatic rings. The van der Waals surface area contributed by atoms with Crippen molar-refractivity contribution in [2.75, 3.05) is 18.4 Å². The number of nitrogens with one attached hydrogen (secondary N) is 2. The second-order valence-electron chi connectivity index (χ2n) is 4.05. The van der Waals surface area contributed by atoms with Crippen LogP contribution in [0.2, 0.25) is 0 Å². The first-order valence-corrected chi connectivity index (χ1v) is 5.91. The molecule has 3 rings (SSSR count). The summed E-state index contributed by atoms with van der Waals surface area (Å²) in [6, 6.07) is 7.02. The topological polar surface area (TPSA) is 24.1 Å². The Bertz CT molecular complexity index is 364. The maximum atomic E-state index is 3.65. The summed E-state index contributed by atoms with van der Waals surface area (Å²) in [5, 5.41) is 7.02. The minimum absolute atomic E-state index is 0.595. The molecular weight excluding hydrogens is 240 g/mol. The molecule has 3 heteroatoms. The van der Waals surface area contributed by atoms with Crippen molar-refractivity contribution in [3.05, 3.63) is 28.2 Å². The van der Waals surface area contributed by atoms with Gasteiger partial charge in [-0.3, -0.25) is 0 Å². The summed E-state index contributed by atoms with van der Waals surface area (Å²) < 4.78 is 1.26. The van der Waals surface area contributed by atoms with E-state index in [0.717, 1.165) is 13.1 Å². The summed E-state index contributed by atoms with van der Waals surface area (Å²) in [4.78, 5) is 0. The third kappa shape index (κ3) is 1.19. The number of hydrogen-bond donors (Lipinski definition) is 2. The molecule has 2 unspecified atom stereocenters. The van der Waals surface area contributed by atoms with Gasteiger partial charge in [-0.2, -0.15) is 0 Å². The average Bonchev–Trinajstić information content (AvgIpc) is 2.57. The largest absolute Gasteiger partial charge is 0.380 e. The van der Waals surface area contributed by atoms with Gasteiger partial charge in [0.15, 0.2) is 0 Å². The van der Waals surface area contributed by atoms with Gasteiger partial charge >= 0.3 is 0 Å². The Morgan fingerprint density at radius 2 is 2.29 bits per heavy atom. The lowest BCUT2D eigenvalue weighted by molar-refractivity contribution is 0.438. The van der Waals surface area contributed by atoms with Gasteiger partial charge in [-0.1, -0.05) is 22.0 Å². The molecule has 1 fully saturated rings. The van der Waals surface area contributed by atoms with Crippen molar-refractivity contribution >= 4 is 21.6 Å². The Labute approximate surface area is 92.2 Å². The molecule has 1 aromatic carbocycles. The summed E-state index contributed by atoms with van der Waals surface area (Å²) >= 11 is 3.65. The molecule has 1 aromatic rings. The van der Waals surface area contributed by atoms with Crippen molar-refractivity contribution in [3.63, 3.8) is 0 Å². The second kappa shape index (κ2) is 3.24. The van der Waals surface area contributed by atoms with E-state index < -0.39 is 0 Å². The van der Waals surface area contributed by atoms with Crippen LogP contribution in [0.3, 0.4) is 0 Å². The number of benzene rings is 1. The SMILES string of the molecule is Brc1cccc2c1C1CCNCC1N2. The van der Waals surface area contributed by atoms with Crippen molar-refractivity contribution in [2.24, 2.45) is 0 Å². The van der Waals surface area contributed by atoms with E-state index in [9.17, 15) is 0 Å². The molecule has 0 aromatic heterocycles. The summed E-state index contributed by atoms with van der Waals surface area (Å²) in [6.07, 6.45) is 1.24. The highest BCUT2D eigenvalue weighted by Crippen LogP contribution is 2.42. The predicted molar refractivity (Wildman–Crippen MR) is 61.8 cm³/mol. The summed E-state index contributed by atoms with van der Waals surface area (Å²) in [5.74, 6) is 0.696. The fourth-order valence-electron chi connectivity index (χ4n) is 2.60. The van der Waals surface area contributed by atoms with E-state index >= 15 is 0 Å². The Balaban J connectivity index is 2.06. The van der Waals surface area contributed by atoms with Crippen LogP contribution in [0.25, 0.3) is 0 Å². The highest BCUT2D eigenvalue weighted by Gasteiger charge is 2.34. The minimum Gasteiger partial charge on any atom is -0.380 e. The molecular formula is C11H13BrN2. The molecule has 2 N–H and O–H groups in total. The number of fused-ring (bicyclic) bond motifs is 3. The normalized spacial score (nSPS) is 29.2. The molecule has 2 aliphatic heterocycles. The molecule has 0 radical (unpaired) electrons. The number of piperidine rings is 1. The van der Waals surface area contributed by atoms with Crippen LogP contribution in [0.15, 0.2) is 22.7 Å². The van der Waals surface area contributed by atoms with Gasteiger partial charge < -0.3 is 10.6 Å². The number of anilines is 1. The first-order chi connectivity index (χ1) is 6.86. The zero-order valence-electron chi connectivity index (χ0n) is 7.89. The third-order valence-electron chi connectivity index (χ3n) is 3.25. The standard InChI is InChI=1S/C11H13BrN2/c12-8-2-1-3-9-11(8)7-4-5-13-6-10(7)14-9/h1-3,7,10,13-14H,4-6H2. The van der Waals surface area contributed by atoms with E-state index in [4.69, 9.17) is 0 Å². The fraction of sp³-hybridized carbons (Fsp3) is 0.455. The van der Waals surface area contributed by atoms with Crippen LogP contribution in [0.1, 0.15) is 17.9 Å². The maximum absolute atomic E-state index is 3.65. The van der Waals surface area contributed by atoms with Gasteiger partial charge in [-0.05, 0) is 30.7 Å². The fourth-order valence-corrected chi connectivity index (χ4v) is 3.26. The Kier molecular flexibility index (Phi) is 2.03. The molecule has 1 saturated heterocycles. The first-order valence-electron chi connectivity index (χ1n) is 5.12. The molecule has 2 nitrogen and oxygen atoms in total. The monoisotopic (exact) mass is 252 g/mol.